The van der Waals surface area contributed by atoms with E-state index in [9.17, 15) is 9.90 Å². The van der Waals surface area contributed by atoms with Crippen LogP contribution in [-0.4, -0.2) is 16.8 Å². The highest BCUT2D eigenvalue weighted by molar-refractivity contribution is 14.1. The summed E-state index contributed by atoms with van der Waals surface area (Å²) in [5.41, 5.74) is 6.29. The lowest BCUT2D eigenvalue weighted by Gasteiger charge is -2.31. The summed E-state index contributed by atoms with van der Waals surface area (Å²) in [6.07, 6.45) is 3.63. The van der Waals surface area contributed by atoms with Crippen molar-refractivity contribution in [2.45, 2.75) is 18.9 Å². The fraction of sp³-hybridized carbons (Fsp3) is 0.143. The molecule has 8 heteroatoms. The molecule has 4 aromatic rings. The summed E-state index contributed by atoms with van der Waals surface area (Å²) in [5.74, 6) is 1.02. The summed E-state index contributed by atoms with van der Waals surface area (Å²) < 4.78 is 9.68. The average Bonchev–Trinajstić information content (AvgIpc) is 3.20. The summed E-state index contributed by atoms with van der Waals surface area (Å²) in [7, 11) is 1.67. The van der Waals surface area contributed by atoms with E-state index in [-0.39, 0.29) is 17.4 Å². The van der Waals surface area contributed by atoms with Crippen LogP contribution in [-0.2, 0) is 6.42 Å². The van der Waals surface area contributed by atoms with Crippen LogP contribution < -0.4 is 19.6 Å². The number of rotatable bonds is 3. The molecule has 0 unspecified atom stereocenters. The monoisotopic (exact) mass is 718 g/mol. The molecular weight excluding hydrogens is 698 g/mol. The molecule has 1 N–H and O–H groups in total. The van der Waals surface area contributed by atoms with Gasteiger partial charge in [-0.15, -0.1) is 0 Å². The smallest absolute Gasteiger partial charge is 0.271 e. The van der Waals surface area contributed by atoms with Crippen LogP contribution >= 0.6 is 56.5 Å². The zero-order chi connectivity index (χ0) is 25.0. The van der Waals surface area contributed by atoms with Crippen molar-refractivity contribution in [2.75, 3.05) is 7.11 Å². The van der Waals surface area contributed by atoms with Gasteiger partial charge in [0.25, 0.3) is 5.56 Å². The van der Waals surface area contributed by atoms with Gasteiger partial charge in [0.2, 0.25) is 0 Å². The number of aromatic nitrogens is 1. The zero-order valence-corrected chi connectivity index (χ0v) is 24.3. The lowest BCUT2D eigenvalue weighted by atomic mass is 9.83. The number of halogens is 2. The van der Waals surface area contributed by atoms with Gasteiger partial charge in [-0.25, -0.2) is 4.99 Å². The normalized spacial score (nSPS) is 16.8. The molecule has 5 nitrogen and oxygen atoms in total. The Kier molecular flexibility index (Phi) is 6.29. The summed E-state index contributed by atoms with van der Waals surface area (Å²) in [5, 5.41) is 10.2. The molecule has 0 fully saturated rings. The number of hydrogen-bond acceptors (Lipinski definition) is 5. The first-order valence-electron chi connectivity index (χ1n) is 11.4. The van der Waals surface area contributed by atoms with Gasteiger partial charge in [0.05, 0.1) is 30.5 Å². The van der Waals surface area contributed by atoms with Gasteiger partial charge < -0.3 is 9.84 Å². The van der Waals surface area contributed by atoms with Gasteiger partial charge in [-0.1, -0.05) is 53.8 Å². The van der Waals surface area contributed by atoms with E-state index in [2.05, 4.69) is 63.4 Å². The minimum atomic E-state index is -0.289. The molecule has 180 valence electrons. The number of ether oxygens (including phenoxy) is 1. The van der Waals surface area contributed by atoms with Crippen molar-refractivity contribution in [1.82, 2.24) is 4.57 Å². The van der Waals surface area contributed by atoms with Crippen LogP contribution in [0.4, 0.5) is 0 Å². The third-order valence-corrected chi connectivity index (χ3v) is 9.27. The molecule has 0 bridgehead atoms. The topological polar surface area (TPSA) is 63.8 Å². The number of phenolic OH excluding ortho intramolecular Hbond substituents is 1. The predicted molar refractivity (Wildman–Crippen MR) is 159 cm³/mol. The Hall–Kier alpha value is -2.44. The third kappa shape index (κ3) is 3.93. The molecule has 36 heavy (non-hydrogen) atoms. The van der Waals surface area contributed by atoms with E-state index in [0.717, 1.165) is 53.7 Å². The van der Waals surface area contributed by atoms with Crippen LogP contribution in [0.1, 0.15) is 34.7 Å². The molecule has 2 aliphatic rings. The van der Waals surface area contributed by atoms with Crippen LogP contribution in [0.3, 0.4) is 0 Å². The van der Waals surface area contributed by atoms with Crippen molar-refractivity contribution >= 4 is 68.3 Å². The lowest BCUT2D eigenvalue weighted by molar-refractivity contribution is 0.402. The van der Waals surface area contributed by atoms with E-state index in [1.54, 1.807) is 7.11 Å². The molecule has 0 radical (unpaired) electrons. The van der Waals surface area contributed by atoms with E-state index < -0.39 is 0 Å². The highest BCUT2D eigenvalue weighted by atomic mass is 127. The number of phenols is 1. The number of benzene rings is 3. The molecule has 3 aromatic carbocycles. The second-order valence-corrected chi connectivity index (χ2v) is 12.0. The van der Waals surface area contributed by atoms with E-state index in [4.69, 9.17) is 9.73 Å². The molecule has 1 aliphatic carbocycles. The molecule has 0 saturated heterocycles. The summed E-state index contributed by atoms with van der Waals surface area (Å²) in [6.45, 7) is 0. The second-order valence-electron chi connectivity index (χ2n) is 8.69. The summed E-state index contributed by atoms with van der Waals surface area (Å²) >= 11 is 5.62. The zero-order valence-electron chi connectivity index (χ0n) is 19.2. The minimum Gasteiger partial charge on any atom is -0.506 e. The van der Waals surface area contributed by atoms with Crippen LogP contribution in [0.15, 0.2) is 76.0 Å². The first-order valence-corrected chi connectivity index (χ1v) is 14.4. The van der Waals surface area contributed by atoms with Gasteiger partial charge in [-0.2, -0.15) is 0 Å². The van der Waals surface area contributed by atoms with Gasteiger partial charge in [-0.3, -0.25) is 9.36 Å². The van der Waals surface area contributed by atoms with E-state index in [0.29, 0.717) is 9.33 Å². The van der Waals surface area contributed by atoms with E-state index >= 15 is 0 Å². The highest BCUT2D eigenvalue weighted by Crippen LogP contribution is 2.43. The van der Waals surface area contributed by atoms with Gasteiger partial charge in [0, 0.05) is 11.1 Å². The number of aromatic hydroxyl groups is 1. The minimum absolute atomic E-state index is 0.0712. The SMILES string of the molecule is COc1ccccc1[C@H]1C2=C(N=c3s/c(=C/c4cc(I)c(O)c(I)c4)c(=O)n31)c1ccccc1CC2. The maximum Gasteiger partial charge on any atom is 0.271 e. The predicted octanol–water partition coefficient (Wildman–Crippen LogP) is 5.24. The molecule has 2 heterocycles. The lowest BCUT2D eigenvalue weighted by Crippen LogP contribution is -2.39. The molecular formula is C28H20I2N2O3S. The van der Waals surface area contributed by atoms with E-state index in [1.807, 2.05) is 53.1 Å². The molecule has 6 rings (SSSR count). The number of aryl methyl sites for hydroxylation is 1. The summed E-state index contributed by atoms with van der Waals surface area (Å²) in [6, 6.07) is 19.8. The quantitative estimate of drug-likeness (QED) is 0.295. The fourth-order valence-corrected chi connectivity index (χ4v) is 7.83. The van der Waals surface area contributed by atoms with E-state index in [1.165, 1.54) is 16.9 Å². The first-order chi connectivity index (χ1) is 17.5. The number of para-hydroxylation sites is 1. The molecule has 0 spiro atoms. The number of thiazole rings is 1. The number of fused-ring (bicyclic) bond motifs is 3. The molecule has 1 atom stereocenters. The number of hydrogen-bond donors (Lipinski definition) is 1. The Morgan fingerprint density at radius 1 is 1.08 bits per heavy atom. The van der Waals surface area contributed by atoms with Crippen LogP contribution in [0.5, 0.6) is 11.5 Å². The number of nitrogens with zero attached hydrogens (tertiary/aromatic N) is 2. The number of methoxy groups -OCH3 is 1. The van der Waals surface area contributed by atoms with Crippen molar-refractivity contribution in [3.05, 3.63) is 115 Å². The Morgan fingerprint density at radius 2 is 1.81 bits per heavy atom. The van der Waals surface area contributed by atoms with Crippen molar-refractivity contribution < 1.29 is 9.84 Å². The standard InChI is InChI=1S/C28H20I2N2O3S/c1-35-22-9-5-4-8-18(22)25-19-11-10-16-6-2-3-7-17(16)24(19)31-28-32(25)27(34)23(36-28)14-15-12-20(29)26(33)21(30)13-15/h2-9,12-14,25,33H,10-11H2,1H3/b23-14+/t25-/m0/s1. The molecule has 0 saturated carbocycles. The van der Waals surface area contributed by atoms with Crippen LogP contribution in [0.25, 0.3) is 11.8 Å². The van der Waals surface area contributed by atoms with Gasteiger partial charge in [0.1, 0.15) is 11.5 Å². The Morgan fingerprint density at radius 3 is 2.58 bits per heavy atom. The van der Waals surface area contributed by atoms with Gasteiger partial charge in [0.15, 0.2) is 4.80 Å². The summed E-state index contributed by atoms with van der Waals surface area (Å²) in [4.78, 5) is 19.7. The third-order valence-electron chi connectivity index (χ3n) is 6.64. The number of allylic oxidation sites excluding steroid dienone is 1. The van der Waals surface area contributed by atoms with Gasteiger partial charge in [-0.05, 0) is 99.0 Å². The molecule has 1 aliphatic heterocycles. The Balaban J connectivity index is 1.64. The van der Waals surface area contributed by atoms with Crippen molar-refractivity contribution in [3.8, 4) is 11.5 Å². The first kappa shape index (κ1) is 23.9. The highest BCUT2D eigenvalue weighted by Gasteiger charge is 2.33. The average molecular weight is 718 g/mol. The van der Waals surface area contributed by atoms with Gasteiger partial charge >= 0.3 is 0 Å². The Bertz CT molecular complexity index is 1730. The van der Waals surface area contributed by atoms with Crippen LogP contribution in [0.2, 0.25) is 0 Å². The van der Waals surface area contributed by atoms with Crippen molar-refractivity contribution in [1.29, 1.82) is 0 Å². The maximum absolute atomic E-state index is 13.9. The molecule has 0 amide bonds. The Labute approximate surface area is 238 Å². The van der Waals surface area contributed by atoms with Crippen molar-refractivity contribution in [2.24, 2.45) is 4.99 Å². The van der Waals surface area contributed by atoms with Crippen LogP contribution in [0, 0.1) is 7.14 Å². The van der Waals surface area contributed by atoms with Crippen molar-refractivity contribution in [3.63, 3.8) is 0 Å². The fourth-order valence-electron chi connectivity index (χ4n) is 5.01. The largest absolute Gasteiger partial charge is 0.506 e. The maximum atomic E-state index is 13.9. The molecule has 1 aromatic heterocycles. The second kappa shape index (κ2) is 9.46.